The Labute approximate surface area is 86.7 Å². The molecule has 1 saturated carbocycles. The fourth-order valence-corrected chi connectivity index (χ4v) is 2.40. The Morgan fingerprint density at radius 2 is 2.54 bits per heavy atom. The molecular formula is C9H10N2S2. The monoisotopic (exact) mass is 210 g/mol. The molecule has 0 spiro atoms. The zero-order valence-corrected chi connectivity index (χ0v) is 8.83. The molecule has 1 aromatic heterocycles. The van der Waals surface area contributed by atoms with E-state index in [-0.39, 0.29) is 0 Å². The van der Waals surface area contributed by atoms with Crippen molar-refractivity contribution in [2.24, 2.45) is 4.99 Å². The summed E-state index contributed by atoms with van der Waals surface area (Å²) < 4.78 is 0. The largest absolute Gasteiger partial charge is 0.244 e. The molecule has 0 amide bonds. The molecule has 1 aromatic rings. The van der Waals surface area contributed by atoms with E-state index in [4.69, 9.17) is 0 Å². The minimum absolute atomic E-state index is 0.590. The van der Waals surface area contributed by atoms with Crippen molar-refractivity contribution in [1.82, 2.24) is 4.98 Å². The van der Waals surface area contributed by atoms with Crippen LogP contribution in [-0.2, 0) is 6.54 Å². The number of thiocarbonyl (C=S) groups is 1. The fourth-order valence-electron chi connectivity index (χ4n) is 1.35. The van der Waals surface area contributed by atoms with Crippen LogP contribution in [0, 0.1) is 0 Å². The van der Waals surface area contributed by atoms with E-state index in [0.29, 0.717) is 6.54 Å². The van der Waals surface area contributed by atoms with Crippen molar-refractivity contribution in [3.05, 3.63) is 16.1 Å². The van der Waals surface area contributed by atoms with E-state index in [2.05, 4.69) is 32.7 Å². The van der Waals surface area contributed by atoms with E-state index >= 15 is 0 Å². The van der Waals surface area contributed by atoms with Gasteiger partial charge in [0.25, 0.3) is 0 Å². The Hall–Kier alpha value is -0.570. The van der Waals surface area contributed by atoms with E-state index in [1.807, 2.05) is 0 Å². The highest BCUT2D eigenvalue weighted by Crippen LogP contribution is 2.37. The van der Waals surface area contributed by atoms with Gasteiger partial charge in [0.05, 0.1) is 22.4 Å². The highest BCUT2D eigenvalue weighted by molar-refractivity contribution is 7.78. The third-order valence-electron chi connectivity index (χ3n) is 2.33. The number of thiazole rings is 1. The molecule has 0 aliphatic heterocycles. The predicted molar refractivity (Wildman–Crippen MR) is 57.4 cm³/mol. The molecule has 2 nitrogen and oxygen atoms in total. The van der Waals surface area contributed by atoms with Gasteiger partial charge in [-0.3, -0.25) is 0 Å². The van der Waals surface area contributed by atoms with E-state index in [1.165, 1.54) is 24.3 Å². The SMILES string of the molecule is S=C=NCc1csc(C2CCC2)n1. The maximum Gasteiger partial charge on any atom is 0.0960 e. The molecule has 0 N–H and O–H groups in total. The van der Waals surface area contributed by atoms with Gasteiger partial charge in [0.2, 0.25) is 0 Å². The second kappa shape index (κ2) is 4.09. The van der Waals surface area contributed by atoms with Gasteiger partial charge in [0.15, 0.2) is 0 Å². The van der Waals surface area contributed by atoms with Gasteiger partial charge in [-0.05, 0) is 25.1 Å². The predicted octanol–water partition coefficient (Wildman–Crippen LogP) is 3.01. The lowest BCUT2D eigenvalue weighted by Crippen LogP contribution is -2.08. The number of rotatable bonds is 3. The summed E-state index contributed by atoms with van der Waals surface area (Å²) in [5.74, 6) is 0.732. The summed E-state index contributed by atoms with van der Waals surface area (Å²) in [5, 5.41) is 5.71. The molecule has 4 heteroatoms. The molecule has 68 valence electrons. The topological polar surface area (TPSA) is 25.2 Å². The van der Waals surface area contributed by atoms with Crippen molar-refractivity contribution in [2.75, 3.05) is 0 Å². The fraction of sp³-hybridized carbons (Fsp3) is 0.556. The smallest absolute Gasteiger partial charge is 0.0960 e. The van der Waals surface area contributed by atoms with Gasteiger partial charge in [0.1, 0.15) is 0 Å². The van der Waals surface area contributed by atoms with Crippen LogP contribution >= 0.6 is 23.6 Å². The molecule has 0 bridgehead atoms. The normalized spacial score (nSPS) is 16.3. The van der Waals surface area contributed by atoms with Gasteiger partial charge in [-0.2, -0.15) is 0 Å². The van der Waals surface area contributed by atoms with Crippen molar-refractivity contribution in [3.8, 4) is 0 Å². The third-order valence-corrected chi connectivity index (χ3v) is 3.51. The van der Waals surface area contributed by atoms with Crippen molar-refractivity contribution in [2.45, 2.75) is 31.7 Å². The first kappa shape index (κ1) is 9.00. The molecule has 0 saturated heterocycles. The number of nitrogens with zero attached hydrogens (tertiary/aromatic N) is 2. The first-order valence-corrected chi connectivity index (χ1v) is 5.67. The maximum absolute atomic E-state index is 4.51. The molecular weight excluding hydrogens is 200 g/mol. The lowest BCUT2D eigenvalue weighted by molar-refractivity contribution is 0.418. The number of hydrogen-bond acceptors (Lipinski definition) is 4. The van der Waals surface area contributed by atoms with Gasteiger partial charge in [0, 0.05) is 11.3 Å². The minimum atomic E-state index is 0.590. The number of hydrogen-bond donors (Lipinski definition) is 0. The van der Waals surface area contributed by atoms with Gasteiger partial charge >= 0.3 is 0 Å². The molecule has 1 aliphatic rings. The lowest BCUT2D eigenvalue weighted by atomic mass is 9.86. The summed E-state index contributed by atoms with van der Waals surface area (Å²) in [7, 11) is 0. The number of aliphatic imine (C=N–C) groups is 1. The van der Waals surface area contributed by atoms with E-state index < -0.39 is 0 Å². The molecule has 0 aromatic carbocycles. The van der Waals surface area contributed by atoms with E-state index in [0.717, 1.165) is 11.6 Å². The molecule has 0 unspecified atom stereocenters. The van der Waals surface area contributed by atoms with Gasteiger partial charge in [-0.1, -0.05) is 6.42 Å². The summed E-state index contributed by atoms with van der Waals surface area (Å²) in [4.78, 5) is 8.38. The average molecular weight is 210 g/mol. The minimum Gasteiger partial charge on any atom is -0.244 e. The van der Waals surface area contributed by atoms with E-state index in [1.54, 1.807) is 11.3 Å². The number of isothiocyanates is 1. The second-order valence-corrected chi connectivity index (χ2v) is 4.28. The van der Waals surface area contributed by atoms with Crippen LogP contribution in [0.3, 0.4) is 0 Å². The summed E-state index contributed by atoms with van der Waals surface area (Å²) in [6, 6.07) is 0. The third kappa shape index (κ3) is 2.02. The molecule has 1 fully saturated rings. The van der Waals surface area contributed by atoms with Crippen molar-refractivity contribution >= 4 is 28.7 Å². The lowest BCUT2D eigenvalue weighted by Gasteiger charge is -2.22. The summed E-state index contributed by atoms with van der Waals surface area (Å²) in [5.41, 5.74) is 1.03. The first-order chi connectivity index (χ1) is 6.40. The molecule has 0 atom stereocenters. The Kier molecular flexibility index (Phi) is 2.83. The quantitative estimate of drug-likeness (QED) is 0.566. The van der Waals surface area contributed by atoms with Crippen LogP contribution < -0.4 is 0 Å². The van der Waals surface area contributed by atoms with Crippen LogP contribution in [0.1, 0.15) is 35.9 Å². The first-order valence-electron chi connectivity index (χ1n) is 4.38. The summed E-state index contributed by atoms with van der Waals surface area (Å²) in [6.45, 7) is 0.590. The van der Waals surface area contributed by atoms with Crippen LogP contribution in [-0.4, -0.2) is 10.1 Å². The standard InChI is InChI=1S/C9H10N2S2/c12-6-10-4-8-5-13-9(11-8)7-2-1-3-7/h5,7H,1-4H2. The van der Waals surface area contributed by atoms with Gasteiger partial charge in [-0.15, -0.1) is 11.3 Å². The second-order valence-electron chi connectivity index (χ2n) is 3.21. The van der Waals surface area contributed by atoms with Crippen LogP contribution in [0.25, 0.3) is 0 Å². The summed E-state index contributed by atoms with van der Waals surface area (Å²) in [6.07, 6.45) is 3.98. The van der Waals surface area contributed by atoms with E-state index in [9.17, 15) is 0 Å². The Bertz CT molecular complexity index is 335. The van der Waals surface area contributed by atoms with Crippen LogP contribution in [0.15, 0.2) is 10.4 Å². The van der Waals surface area contributed by atoms with Crippen molar-refractivity contribution in [1.29, 1.82) is 0 Å². The average Bonchev–Trinajstić information content (AvgIpc) is 2.46. The van der Waals surface area contributed by atoms with Crippen molar-refractivity contribution < 1.29 is 0 Å². The van der Waals surface area contributed by atoms with Gasteiger partial charge in [-0.25, -0.2) is 9.98 Å². The number of aromatic nitrogens is 1. The van der Waals surface area contributed by atoms with Gasteiger partial charge < -0.3 is 0 Å². The summed E-state index contributed by atoms with van der Waals surface area (Å²) >= 11 is 6.25. The zero-order valence-electron chi connectivity index (χ0n) is 7.19. The highest BCUT2D eigenvalue weighted by atomic mass is 32.1. The Balaban J connectivity index is 2.03. The Morgan fingerprint density at radius 3 is 3.15 bits per heavy atom. The molecule has 0 radical (unpaired) electrons. The van der Waals surface area contributed by atoms with Crippen molar-refractivity contribution in [3.63, 3.8) is 0 Å². The Morgan fingerprint density at radius 1 is 1.69 bits per heavy atom. The van der Waals surface area contributed by atoms with Crippen LogP contribution in [0.5, 0.6) is 0 Å². The zero-order chi connectivity index (χ0) is 9.10. The molecule has 1 heterocycles. The van der Waals surface area contributed by atoms with Crippen LogP contribution in [0.4, 0.5) is 0 Å². The highest BCUT2D eigenvalue weighted by Gasteiger charge is 2.22. The van der Waals surface area contributed by atoms with Crippen LogP contribution in [0.2, 0.25) is 0 Å². The molecule has 1 aliphatic carbocycles. The maximum atomic E-state index is 4.51. The molecule has 13 heavy (non-hydrogen) atoms. The molecule has 2 rings (SSSR count).